The molecular weight excluding hydrogens is 459 g/mol. The third kappa shape index (κ3) is 2.16. The van der Waals surface area contributed by atoms with Crippen LogP contribution in [-0.2, 0) is 10.3 Å². The van der Waals surface area contributed by atoms with Crippen molar-refractivity contribution in [2.75, 3.05) is 13.2 Å². The molecule has 112 valence electrons. The van der Waals surface area contributed by atoms with Crippen LogP contribution in [0.25, 0.3) is 0 Å². The molecule has 0 aliphatic carbocycles. The summed E-state index contributed by atoms with van der Waals surface area (Å²) in [7, 11) is 0. The lowest BCUT2D eigenvalue weighted by Crippen LogP contribution is -2.42. The zero-order chi connectivity index (χ0) is 15.3. The Kier molecular flexibility index (Phi) is 3.43. The van der Waals surface area contributed by atoms with Crippen LogP contribution in [0.15, 0.2) is 45.9 Å². The minimum absolute atomic E-state index is 0.366. The van der Waals surface area contributed by atoms with Crippen LogP contribution in [-0.4, -0.2) is 19.0 Å². The van der Waals surface area contributed by atoms with Gasteiger partial charge in [-0.05, 0) is 59.0 Å². The van der Waals surface area contributed by atoms with E-state index >= 15 is 0 Å². The molecule has 0 aromatic heterocycles. The summed E-state index contributed by atoms with van der Waals surface area (Å²) in [4.78, 5) is 4.80. The van der Waals surface area contributed by atoms with Crippen molar-refractivity contribution in [3.63, 3.8) is 0 Å². The number of aliphatic imine (C=N–C) groups is 1. The topological polar surface area (TPSA) is 56.8 Å². The zero-order valence-electron chi connectivity index (χ0n) is 11.5. The molecule has 1 atom stereocenters. The summed E-state index contributed by atoms with van der Waals surface area (Å²) in [5.41, 5.74) is 7.32. The van der Waals surface area contributed by atoms with Gasteiger partial charge in [-0.25, -0.2) is 0 Å². The first-order chi connectivity index (χ1) is 10.6. The minimum Gasteiger partial charge on any atom is -0.457 e. The molecule has 4 nitrogen and oxygen atoms in total. The van der Waals surface area contributed by atoms with Crippen molar-refractivity contribution in [3.8, 4) is 11.5 Å². The molecule has 22 heavy (non-hydrogen) atoms. The number of hydrogen-bond donors (Lipinski definition) is 1. The lowest BCUT2D eigenvalue weighted by atomic mass is 9.80. The van der Waals surface area contributed by atoms with Crippen LogP contribution in [0.2, 0.25) is 0 Å². The van der Waals surface area contributed by atoms with Crippen molar-refractivity contribution >= 4 is 44.4 Å². The van der Waals surface area contributed by atoms with Gasteiger partial charge in [-0.1, -0.05) is 15.9 Å². The molecular formula is C16H12BrIN2O2. The van der Waals surface area contributed by atoms with Crippen molar-refractivity contribution in [2.45, 2.75) is 5.54 Å². The highest BCUT2D eigenvalue weighted by Gasteiger charge is 2.44. The van der Waals surface area contributed by atoms with Gasteiger partial charge in [0.25, 0.3) is 0 Å². The highest BCUT2D eigenvalue weighted by molar-refractivity contribution is 14.1. The highest BCUT2D eigenvalue weighted by Crippen LogP contribution is 2.50. The van der Waals surface area contributed by atoms with Gasteiger partial charge >= 0.3 is 0 Å². The van der Waals surface area contributed by atoms with E-state index in [-0.39, 0.29) is 0 Å². The zero-order valence-corrected chi connectivity index (χ0v) is 15.2. The maximum absolute atomic E-state index is 6.06. The van der Waals surface area contributed by atoms with Crippen molar-refractivity contribution in [2.24, 2.45) is 10.7 Å². The van der Waals surface area contributed by atoms with Gasteiger partial charge in [0.05, 0.1) is 6.61 Å². The normalized spacial score (nSPS) is 22.5. The smallest absolute Gasteiger partial charge is 0.143 e. The Labute approximate surface area is 150 Å². The Hall–Kier alpha value is -1.12. The Bertz CT molecular complexity index is 755. The second kappa shape index (κ2) is 5.21. The second-order valence-corrected chi connectivity index (χ2v) is 7.50. The van der Waals surface area contributed by atoms with Gasteiger partial charge in [0.2, 0.25) is 0 Å². The molecule has 2 aliphatic rings. The predicted molar refractivity (Wildman–Crippen MR) is 96.6 cm³/mol. The first kappa shape index (κ1) is 14.5. The molecule has 0 bridgehead atoms. The number of ether oxygens (including phenoxy) is 2. The van der Waals surface area contributed by atoms with E-state index in [0.717, 1.165) is 30.7 Å². The third-order valence-corrected chi connectivity index (χ3v) is 5.05. The molecule has 1 unspecified atom stereocenters. The summed E-state index contributed by atoms with van der Waals surface area (Å²) < 4.78 is 13.9. The van der Waals surface area contributed by atoms with E-state index in [1.807, 2.05) is 30.3 Å². The summed E-state index contributed by atoms with van der Waals surface area (Å²) >= 11 is 5.82. The van der Waals surface area contributed by atoms with E-state index in [1.54, 1.807) is 0 Å². The summed E-state index contributed by atoms with van der Waals surface area (Å²) in [5.74, 6) is 2.10. The van der Waals surface area contributed by atoms with Gasteiger partial charge in [-0.2, -0.15) is 0 Å². The molecule has 0 radical (unpaired) electrons. The number of rotatable bonds is 0. The average Bonchev–Trinajstić information content (AvgIpc) is 2.49. The van der Waals surface area contributed by atoms with E-state index in [0.29, 0.717) is 19.0 Å². The summed E-state index contributed by atoms with van der Waals surface area (Å²) in [6.07, 6.45) is 0. The minimum atomic E-state index is -0.643. The van der Waals surface area contributed by atoms with Gasteiger partial charge in [-0.15, -0.1) is 0 Å². The fourth-order valence-corrected chi connectivity index (χ4v) is 3.83. The maximum atomic E-state index is 6.06. The number of amidine groups is 1. The van der Waals surface area contributed by atoms with Crippen LogP contribution in [0, 0.1) is 3.57 Å². The van der Waals surface area contributed by atoms with Crippen molar-refractivity contribution in [1.29, 1.82) is 0 Å². The Morgan fingerprint density at radius 3 is 2.64 bits per heavy atom. The van der Waals surface area contributed by atoms with Crippen LogP contribution < -0.4 is 10.5 Å². The Morgan fingerprint density at radius 2 is 1.86 bits per heavy atom. The molecule has 2 N–H and O–H groups in total. The second-order valence-electron chi connectivity index (χ2n) is 5.34. The lowest BCUT2D eigenvalue weighted by Gasteiger charge is -2.39. The Morgan fingerprint density at radius 1 is 1.14 bits per heavy atom. The van der Waals surface area contributed by atoms with Crippen LogP contribution in [0.1, 0.15) is 11.1 Å². The van der Waals surface area contributed by atoms with Crippen LogP contribution in [0.4, 0.5) is 0 Å². The monoisotopic (exact) mass is 470 g/mol. The van der Waals surface area contributed by atoms with Crippen molar-refractivity contribution < 1.29 is 9.47 Å². The van der Waals surface area contributed by atoms with Crippen molar-refractivity contribution in [1.82, 2.24) is 0 Å². The van der Waals surface area contributed by atoms with Crippen LogP contribution in [0.5, 0.6) is 11.5 Å². The molecule has 0 saturated heterocycles. The number of nitrogens with two attached hydrogens (primary N) is 1. The van der Waals surface area contributed by atoms with Gasteiger partial charge in [0.15, 0.2) is 0 Å². The summed E-state index contributed by atoms with van der Waals surface area (Å²) in [6.45, 7) is 0.818. The van der Waals surface area contributed by atoms with E-state index < -0.39 is 5.54 Å². The van der Waals surface area contributed by atoms with Crippen molar-refractivity contribution in [3.05, 3.63) is 55.6 Å². The van der Waals surface area contributed by atoms with E-state index in [4.69, 9.17) is 20.2 Å². The number of benzene rings is 2. The highest BCUT2D eigenvalue weighted by atomic mass is 127. The number of hydrogen-bond acceptors (Lipinski definition) is 4. The largest absolute Gasteiger partial charge is 0.457 e. The molecule has 0 amide bonds. The molecule has 2 heterocycles. The molecule has 1 spiro atoms. The van der Waals surface area contributed by atoms with E-state index in [2.05, 4.69) is 44.6 Å². The molecule has 2 aromatic rings. The summed E-state index contributed by atoms with van der Waals surface area (Å²) in [5, 5.41) is 0. The van der Waals surface area contributed by atoms with Crippen LogP contribution in [0.3, 0.4) is 0 Å². The quantitative estimate of drug-likeness (QED) is 0.596. The summed E-state index contributed by atoms with van der Waals surface area (Å²) in [6, 6.07) is 12.0. The number of fused-ring (bicyclic) bond motifs is 4. The third-order valence-electron chi connectivity index (χ3n) is 3.89. The number of halogens is 2. The van der Waals surface area contributed by atoms with Gasteiger partial charge in [0, 0.05) is 19.2 Å². The molecule has 0 fully saturated rings. The van der Waals surface area contributed by atoms with E-state index in [1.165, 1.54) is 0 Å². The predicted octanol–water partition coefficient (Wildman–Crippen LogP) is 3.79. The van der Waals surface area contributed by atoms with Crippen LogP contribution >= 0.6 is 38.5 Å². The molecule has 2 aliphatic heterocycles. The first-order valence-corrected chi connectivity index (χ1v) is 8.65. The van der Waals surface area contributed by atoms with E-state index in [9.17, 15) is 0 Å². The first-order valence-electron chi connectivity index (χ1n) is 6.78. The van der Waals surface area contributed by atoms with Gasteiger partial charge in [-0.3, -0.25) is 4.99 Å². The fourth-order valence-electron chi connectivity index (χ4n) is 2.98. The molecule has 6 heteroatoms. The standard InChI is InChI=1S/C16H12BrIN2O2/c17-9-1-3-13-11(5-9)16(8-21-7-15(19)20-16)12-6-10(18)2-4-14(12)22-13/h1-6H,7-8H2,(H2,19,20). The average molecular weight is 471 g/mol. The fraction of sp³-hybridized carbons (Fsp3) is 0.188. The Balaban J connectivity index is 2.05. The maximum Gasteiger partial charge on any atom is 0.143 e. The van der Waals surface area contributed by atoms with Gasteiger partial charge in [0.1, 0.15) is 29.5 Å². The lowest BCUT2D eigenvalue weighted by molar-refractivity contribution is 0.109. The SMILES string of the molecule is NC1=NC2(COC1)c1cc(Br)ccc1Oc1ccc(I)cc12. The molecule has 2 aromatic carbocycles. The molecule has 4 rings (SSSR count). The molecule has 0 saturated carbocycles. The van der Waals surface area contributed by atoms with Gasteiger partial charge < -0.3 is 15.2 Å². The number of nitrogens with zero attached hydrogens (tertiary/aromatic N) is 1.